The molecule has 0 amide bonds. The standard InChI is InChI=1S/C10H14N5O6P/c11-10-13-8-7(9(16)14-10)12-3-15(8)6-1-5(2-20-6)21-4-22(17,18)19/h3,5-6H,1-2,4H2,(H2,17,18,19)(H3,11,13,14,16)/t5-,6-/m1/s1. The van der Waals surface area contributed by atoms with Crippen LogP contribution in [-0.2, 0) is 14.0 Å². The molecule has 0 spiro atoms. The van der Waals surface area contributed by atoms with Gasteiger partial charge in [-0.15, -0.1) is 0 Å². The van der Waals surface area contributed by atoms with Crippen molar-refractivity contribution in [3.8, 4) is 0 Å². The molecule has 1 aliphatic heterocycles. The number of nitrogens with two attached hydrogens (primary N) is 1. The minimum absolute atomic E-state index is 0.0356. The Bertz CT molecular complexity index is 797. The zero-order chi connectivity index (χ0) is 15.9. The number of nitrogens with zero attached hydrogens (tertiary/aromatic N) is 3. The molecule has 0 aliphatic carbocycles. The molecule has 2 aromatic rings. The van der Waals surface area contributed by atoms with E-state index in [1.807, 2.05) is 0 Å². The quantitative estimate of drug-likeness (QED) is 0.521. The predicted molar refractivity (Wildman–Crippen MR) is 74.0 cm³/mol. The molecule has 0 radical (unpaired) electrons. The molecule has 11 nitrogen and oxygen atoms in total. The van der Waals surface area contributed by atoms with E-state index in [-0.39, 0.29) is 23.7 Å². The fraction of sp³-hybridized carbons (Fsp3) is 0.500. The van der Waals surface area contributed by atoms with Gasteiger partial charge >= 0.3 is 7.60 Å². The summed E-state index contributed by atoms with van der Waals surface area (Å²) >= 11 is 0. The largest absolute Gasteiger partial charge is 0.369 e. The number of imidazole rings is 1. The highest BCUT2D eigenvalue weighted by atomic mass is 31.2. The number of aromatic nitrogens is 4. The van der Waals surface area contributed by atoms with E-state index >= 15 is 0 Å². The molecule has 1 saturated heterocycles. The van der Waals surface area contributed by atoms with Crippen molar-refractivity contribution >= 4 is 24.7 Å². The van der Waals surface area contributed by atoms with Gasteiger partial charge in [0, 0.05) is 6.42 Å². The van der Waals surface area contributed by atoms with Crippen molar-refractivity contribution in [3.05, 3.63) is 16.7 Å². The number of H-pyrrole nitrogens is 1. The highest BCUT2D eigenvalue weighted by Crippen LogP contribution is 2.36. The Morgan fingerprint density at radius 2 is 2.36 bits per heavy atom. The van der Waals surface area contributed by atoms with Gasteiger partial charge in [-0.3, -0.25) is 18.9 Å². The average molecular weight is 331 g/mol. The molecule has 22 heavy (non-hydrogen) atoms. The number of fused-ring (bicyclic) bond motifs is 1. The summed E-state index contributed by atoms with van der Waals surface area (Å²) in [6, 6.07) is 0. The lowest BCUT2D eigenvalue weighted by Crippen LogP contribution is -2.15. The Morgan fingerprint density at radius 3 is 3.09 bits per heavy atom. The third-order valence-corrected chi connectivity index (χ3v) is 3.66. The van der Waals surface area contributed by atoms with Crippen molar-refractivity contribution in [1.29, 1.82) is 0 Å². The van der Waals surface area contributed by atoms with Crippen molar-refractivity contribution in [2.45, 2.75) is 18.8 Å². The van der Waals surface area contributed by atoms with Gasteiger partial charge in [-0.2, -0.15) is 4.98 Å². The van der Waals surface area contributed by atoms with E-state index in [1.165, 1.54) is 6.33 Å². The molecule has 120 valence electrons. The summed E-state index contributed by atoms with van der Waals surface area (Å²) in [4.78, 5) is 39.6. The lowest BCUT2D eigenvalue weighted by molar-refractivity contribution is 0.0359. The Morgan fingerprint density at radius 1 is 1.59 bits per heavy atom. The molecule has 2 atom stereocenters. The summed E-state index contributed by atoms with van der Waals surface area (Å²) in [5.74, 6) is -0.0356. The first-order valence-electron chi connectivity index (χ1n) is 6.33. The molecule has 3 rings (SSSR count). The zero-order valence-electron chi connectivity index (χ0n) is 11.2. The average Bonchev–Trinajstić information content (AvgIpc) is 3.01. The Labute approximate surface area is 123 Å². The third kappa shape index (κ3) is 3.03. The van der Waals surface area contributed by atoms with Crippen LogP contribution in [0.5, 0.6) is 0 Å². The first-order chi connectivity index (χ1) is 10.3. The second-order valence-electron chi connectivity index (χ2n) is 4.88. The minimum atomic E-state index is -4.22. The van der Waals surface area contributed by atoms with Crippen molar-refractivity contribution in [2.75, 3.05) is 18.7 Å². The second kappa shape index (κ2) is 5.45. The van der Waals surface area contributed by atoms with Crippen molar-refractivity contribution in [3.63, 3.8) is 0 Å². The maximum Gasteiger partial charge on any atom is 0.350 e. The number of nitrogens with one attached hydrogen (secondary N) is 1. The van der Waals surface area contributed by atoms with Gasteiger partial charge in [0.05, 0.1) is 19.0 Å². The molecule has 0 saturated carbocycles. The molecule has 0 bridgehead atoms. The number of anilines is 1. The van der Waals surface area contributed by atoms with E-state index in [0.29, 0.717) is 6.42 Å². The third-order valence-electron chi connectivity index (χ3n) is 3.18. The number of nitrogen functional groups attached to an aromatic ring is 1. The van der Waals surface area contributed by atoms with Gasteiger partial charge in [0.15, 0.2) is 11.2 Å². The van der Waals surface area contributed by atoms with Gasteiger partial charge < -0.3 is 25.0 Å². The summed E-state index contributed by atoms with van der Waals surface area (Å²) in [5, 5.41) is 0. The summed E-state index contributed by atoms with van der Waals surface area (Å²) in [5.41, 5.74) is 5.48. The molecule has 12 heteroatoms. The summed E-state index contributed by atoms with van der Waals surface area (Å²) in [6.07, 6.45) is 0.126. The van der Waals surface area contributed by atoms with Crippen LogP contribution in [0.3, 0.4) is 0 Å². The van der Waals surface area contributed by atoms with Crippen molar-refractivity contribution in [1.82, 2.24) is 19.5 Å². The first kappa shape index (κ1) is 15.1. The van der Waals surface area contributed by atoms with Crippen LogP contribution < -0.4 is 11.3 Å². The van der Waals surface area contributed by atoms with E-state index in [9.17, 15) is 9.36 Å². The Kier molecular flexibility index (Phi) is 3.75. The summed E-state index contributed by atoms with van der Waals surface area (Å²) in [7, 11) is -4.22. The second-order valence-corrected chi connectivity index (χ2v) is 6.47. The SMILES string of the molecule is Nc1nc2c(ncn2[C@H]2C[C@@H](OCP(=O)(O)O)CO2)c(=O)[nH]1. The zero-order valence-corrected chi connectivity index (χ0v) is 12.1. The van der Waals surface area contributed by atoms with Gasteiger partial charge in [0.2, 0.25) is 5.95 Å². The minimum Gasteiger partial charge on any atom is -0.369 e. The van der Waals surface area contributed by atoms with Gasteiger partial charge in [0.1, 0.15) is 12.6 Å². The molecule has 1 aliphatic rings. The lowest BCUT2D eigenvalue weighted by atomic mass is 10.3. The number of hydrogen-bond donors (Lipinski definition) is 4. The van der Waals surface area contributed by atoms with Gasteiger partial charge in [0.25, 0.3) is 5.56 Å². The fourth-order valence-electron chi connectivity index (χ4n) is 2.25. The highest BCUT2D eigenvalue weighted by molar-refractivity contribution is 7.51. The van der Waals surface area contributed by atoms with Crippen LogP contribution in [0.2, 0.25) is 0 Å². The van der Waals surface area contributed by atoms with Gasteiger partial charge in [-0.05, 0) is 0 Å². The topological polar surface area (TPSA) is 166 Å². The van der Waals surface area contributed by atoms with E-state index in [2.05, 4.69) is 15.0 Å². The molecule has 0 aromatic carbocycles. The molecule has 5 N–H and O–H groups in total. The maximum atomic E-state index is 11.7. The molecule has 3 heterocycles. The molecule has 0 unspecified atom stereocenters. The highest BCUT2D eigenvalue weighted by Gasteiger charge is 2.30. The van der Waals surface area contributed by atoms with Gasteiger partial charge in [-0.1, -0.05) is 0 Å². The predicted octanol–water partition coefficient (Wildman–Crippen LogP) is -0.859. The van der Waals surface area contributed by atoms with E-state index < -0.39 is 31.8 Å². The molecular weight excluding hydrogens is 317 g/mol. The normalized spacial score (nSPS) is 22.5. The van der Waals surface area contributed by atoms with Crippen LogP contribution >= 0.6 is 7.60 Å². The van der Waals surface area contributed by atoms with Crippen molar-refractivity contribution < 1.29 is 23.8 Å². The van der Waals surface area contributed by atoms with Crippen LogP contribution in [0.25, 0.3) is 11.2 Å². The Balaban J connectivity index is 1.79. The van der Waals surface area contributed by atoms with E-state index in [0.717, 1.165) is 0 Å². The molecular formula is C10H14N5O6P. The van der Waals surface area contributed by atoms with Crippen LogP contribution in [0.1, 0.15) is 12.6 Å². The summed E-state index contributed by atoms with van der Waals surface area (Å²) < 4.78 is 23.0. The van der Waals surface area contributed by atoms with Crippen LogP contribution in [0.4, 0.5) is 5.95 Å². The molecule has 1 fully saturated rings. The summed E-state index contributed by atoms with van der Waals surface area (Å²) in [6.45, 7) is 0.170. The van der Waals surface area contributed by atoms with Crippen molar-refractivity contribution in [2.24, 2.45) is 0 Å². The first-order valence-corrected chi connectivity index (χ1v) is 8.13. The number of aromatic amines is 1. The van der Waals surface area contributed by atoms with E-state index in [1.54, 1.807) is 4.57 Å². The molecule has 2 aromatic heterocycles. The number of hydrogen-bond acceptors (Lipinski definition) is 7. The van der Waals surface area contributed by atoms with Gasteiger partial charge in [-0.25, -0.2) is 4.98 Å². The van der Waals surface area contributed by atoms with Crippen LogP contribution in [0.15, 0.2) is 11.1 Å². The maximum absolute atomic E-state index is 11.7. The van der Waals surface area contributed by atoms with Crippen LogP contribution in [0, 0.1) is 0 Å². The lowest BCUT2D eigenvalue weighted by Gasteiger charge is -2.12. The smallest absolute Gasteiger partial charge is 0.350 e. The van der Waals surface area contributed by atoms with Crippen LogP contribution in [-0.4, -0.2) is 48.4 Å². The number of ether oxygens (including phenoxy) is 2. The monoisotopic (exact) mass is 331 g/mol. The van der Waals surface area contributed by atoms with E-state index in [4.69, 9.17) is 25.0 Å². The fourth-order valence-corrected chi connectivity index (χ4v) is 2.65. The number of rotatable bonds is 4. The Hall–Kier alpha value is -1.78.